The first kappa shape index (κ1) is 19.5. The number of amides is 1. The summed E-state index contributed by atoms with van der Waals surface area (Å²) in [5, 5.41) is 0. The summed E-state index contributed by atoms with van der Waals surface area (Å²) in [6, 6.07) is 9.20. The standard InChI is InChI=1S/C18H24N4O4/c1-3-9-22-16(19)15(17(24)20-18(22)25)21(10-11-26-2)14(23)12-13-7-5-4-6-8-13/h4-8H,3,9-12,19H2,1-2H3,(H,20,24,25). The first-order valence-electron chi connectivity index (χ1n) is 8.45. The van der Waals surface area contributed by atoms with Gasteiger partial charge in [0.15, 0.2) is 5.69 Å². The number of ether oxygens (including phenoxy) is 1. The summed E-state index contributed by atoms with van der Waals surface area (Å²) in [4.78, 5) is 40.8. The van der Waals surface area contributed by atoms with Crippen LogP contribution in [-0.4, -0.2) is 35.7 Å². The zero-order valence-electron chi connectivity index (χ0n) is 15.0. The van der Waals surface area contributed by atoms with Crippen LogP contribution in [0.4, 0.5) is 11.5 Å². The van der Waals surface area contributed by atoms with Gasteiger partial charge in [-0.15, -0.1) is 0 Å². The Hall–Kier alpha value is -2.87. The monoisotopic (exact) mass is 360 g/mol. The van der Waals surface area contributed by atoms with Gasteiger partial charge in [-0.2, -0.15) is 0 Å². The van der Waals surface area contributed by atoms with E-state index < -0.39 is 11.2 Å². The number of carbonyl (C=O) groups is 1. The van der Waals surface area contributed by atoms with E-state index in [0.717, 1.165) is 5.56 Å². The summed E-state index contributed by atoms with van der Waals surface area (Å²) in [5.74, 6) is -0.315. The molecule has 0 aliphatic heterocycles. The highest BCUT2D eigenvalue weighted by molar-refractivity contribution is 5.96. The van der Waals surface area contributed by atoms with Crippen molar-refractivity contribution in [3.63, 3.8) is 0 Å². The van der Waals surface area contributed by atoms with Crippen molar-refractivity contribution in [2.75, 3.05) is 30.9 Å². The minimum absolute atomic E-state index is 0.0156. The molecule has 1 amide bonds. The predicted molar refractivity (Wildman–Crippen MR) is 100 cm³/mol. The second kappa shape index (κ2) is 9.00. The van der Waals surface area contributed by atoms with E-state index in [1.54, 1.807) is 0 Å². The predicted octanol–water partition coefficient (Wildman–Crippen LogP) is 0.751. The van der Waals surface area contributed by atoms with Gasteiger partial charge in [0.1, 0.15) is 5.82 Å². The number of nitrogens with two attached hydrogens (primary N) is 1. The first-order chi connectivity index (χ1) is 12.5. The van der Waals surface area contributed by atoms with Gasteiger partial charge in [0.2, 0.25) is 5.91 Å². The molecule has 0 aliphatic rings. The quantitative estimate of drug-likeness (QED) is 0.722. The number of nitrogens with zero attached hydrogens (tertiary/aromatic N) is 2. The zero-order valence-corrected chi connectivity index (χ0v) is 15.0. The number of aromatic amines is 1. The smallest absolute Gasteiger partial charge is 0.330 e. The Balaban J connectivity index is 2.46. The largest absolute Gasteiger partial charge is 0.383 e. The normalized spacial score (nSPS) is 10.7. The molecule has 2 rings (SSSR count). The van der Waals surface area contributed by atoms with Gasteiger partial charge in [0.05, 0.1) is 13.0 Å². The zero-order chi connectivity index (χ0) is 19.1. The third kappa shape index (κ3) is 4.40. The van der Waals surface area contributed by atoms with Crippen LogP contribution in [0.2, 0.25) is 0 Å². The van der Waals surface area contributed by atoms with Crippen LogP contribution in [0.1, 0.15) is 18.9 Å². The second-order valence-electron chi connectivity index (χ2n) is 5.85. The minimum atomic E-state index is -0.683. The summed E-state index contributed by atoms with van der Waals surface area (Å²) >= 11 is 0. The number of nitrogens with one attached hydrogen (secondary N) is 1. The molecule has 0 unspecified atom stereocenters. The van der Waals surface area contributed by atoms with Crippen LogP contribution < -0.4 is 21.9 Å². The third-order valence-electron chi connectivity index (χ3n) is 3.95. The average molecular weight is 360 g/mol. The molecule has 0 spiro atoms. The lowest BCUT2D eigenvalue weighted by atomic mass is 10.1. The molecule has 0 bridgehead atoms. The van der Waals surface area contributed by atoms with Crippen LogP contribution in [0.5, 0.6) is 0 Å². The van der Waals surface area contributed by atoms with Crippen molar-refractivity contribution in [2.45, 2.75) is 26.3 Å². The van der Waals surface area contributed by atoms with Crippen LogP contribution in [0, 0.1) is 0 Å². The van der Waals surface area contributed by atoms with E-state index in [2.05, 4.69) is 4.98 Å². The Morgan fingerprint density at radius 2 is 1.96 bits per heavy atom. The highest BCUT2D eigenvalue weighted by atomic mass is 16.5. The van der Waals surface area contributed by atoms with E-state index in [-0.39, 0.29) is 37.0 Å². The van der Waals surface area contributed by atoms with Crippen molar-refractivity contribution < 1.29 is 9.53 Å². The molecule has 3 N–H and O–H groups in total. The number of rotatable bonds is 8. The Kier molecular flexibility index (Phi) is 6.74. The van der Waals surface area contributed by atoms with Crippen LogP contribution in [0.25, 0.3) is 0 Å². The third-order valence-corrected chi connectivity index (χ3v) is 3.95. The molecule has 8 heteroatoms. The van der Waals surface area contributed by atoms with Crippen molar-refractivity contribution in [3.8, 4) is 0 Å². The summed E-state index contributed by atoms with van der Waals surface area (Å²) < 4.78 is 6.33. The number of hydrogen-bond acceptors (Lipinski definition) is 5. The number of aromatic nitrogens is 2. The van der Waals surface area contributed by atoms with Crippen molar-refractivity contribution in [1.29, 1.82) is 0 Å². The van der Waals surface area contributed by atoms with Gasteiger partial charge < -0.3 is 15.4 Å². The van der Waals surface area contributed by atoms with Crippen LogP contribution in [-0.2, 0) is 22.5 Å². The van der Waals surface area contributed by atoms with E-state index in [9.17, 15) is 14.4 Å². The maximum atomic E-state index is 12.9. The molecule has 1 heterocycles. The highest BCUT2D eigenvalue weighted by Gasteiger charge is 2.24. The molecule has 1 aromatic carbocycles. The van der Waals surface area contributed by atoms with E-state index >= 15 is 0 Å². The summed E-state index contributed by atoms with van der Waals surface area (Å²) in [6.07, 6.45) is 0.766. The van der Waals surface area contributed by atoms with E-state index in [1.165, 1.54) is 16.6 Å². The van der Waals surface area contributed by atoms with Gasteiger partial charge in [-0.3, -0.25) is 19.1 Å². The topological polar surface area (TPSA) is 110 Å². The number of carbonyl (C=O) groups excluding carboxylic acids is 1. The molecule has 0 aliphatic carbocycles. The van der Waals surface area contributed by atoms with Gasteiger partial charge in [0, 0.05) is 20.2 Å². The molecule has 0 atom stereocenters. The summed E-state index contributed by atoms with van der Waals surface area (Å²) in [6.45, 7) is 2.62. The Labute approximate surface area is 151 Å². The van der Waals surface area contributed by atoms with Crippen molar-refractivity contribution in [1.82, 2.24) is 9.55 Å². The first-order valence-corrected chi connectivity index (χ1v) is 8.45. The molecule has 0 radical (unpaired) electrons. The maximum absolute atomic E-state index is 12.9. The van der Waals surface area contributed by atoms with Crippen molar-refractivity contribution >= 4 is 17.4 Å². The number of H-pyrrole nitrogens is 1. The van der Waals surface area contributed by atoms with Crippen molar-refractivity contribution in [3.05, 3.63) is 56.7 Å². The number of methoxy groups -OCH3 is 1. The lowest BCUT2D eigenvalue weighted by molar-refractivity contribution is -0.118. The van der Waals surface area contributed by atoms with Crippen LogP contribution in [0.15, 0.2) is 39.9 Å². The Bertz CT molecular complexity index is 858. The fourth-order valence-electron chi connectivity index (χ4n) is 2.69. The summed E-state index contributed by atoms with van der Waals surface area (Å²) in [7, 11) is 1.51. The van der Waals surface area contributed by atoms with Gasteiger partial charge in [-0.05, 0) is 12.0 Å². The fourth-order valence-corrected chi connectivity index (χ4v) is 2.69. The Morgan fingerprint density at radius 1 is 1.27 bits per heavy atom. The molecule has 1 aromatic heterocycles. The Morgan fingerprint density at radius 3 is 2.58 bits per heavy atom. The van der Waals surface area contributed by atoms with E-state index in [4.69, 9.17) is 10.5 Å². The number of hydrogen-bond donors (Lipinski definition) is 2. The maximum Gasteiger partial charge on any atom is 0.330 e. The summed E-state index contributed by atoms with van der Waals surface area (Å²) in [5.41, 5.74) is 5.62. The number of anilines is 2. The molecule has 2 aromatic rings. The molecule has 0 saturated carbocycles. The van der Waals surface area contributed by atoms with Crippen molar-refractivity contribution in [2.24, 2.45) is 0 Å². The minimum Gasteiger partial charge on any atom is -0.383 e. The van der Waals surface area contributed by atoms with E-state index in [0.29, 0.717) is 13.0 Å². The van der Waals surface area contributed by atoms with Crippen LogP contribution >= 0.6 is 0 Å². The number of benzene rings is 1. The second-order valence-corrected chi connectivity index (χ2v) is 5.85. The SMILES string of the molecule is CCCn1c(N)c(N(CCOC)C(=O)Cc2ccccc2)c(=O)[nH]c1=O. The average Bonchev–Trinajstić information content (AvgIpc) is 2.62. The van der Waals surface area contributed by atoms with Gasteiger partial charge in [-0.25, -0.2) is 4.79 Å². The van der Waals surface area contributed by atoms with E-state index in [1.807, 2.05) is 37.3 Å². The number of nitrogen functional groups attached to an aromatic ring is 1. The van der Waals surface area contributed by atoms with Gasteiger partial charge in [-0.1, -0.05) is 37.3 Å². The molecule has 0 fully saturated rings. The molecule has 140 valence electrons. The lowest BCUT2D eigenvalue weighted by Crippen LogP contribution is -2.43. The molecule has 8 nitrogen and oxygen atoms in total. The lowest BCUT2D eigenvalue weighted by Gasteiger charge is -2.24. The van der Waals surface area contributed by atoms with Crippen LogP contribution in [0.3, 0.4) is 0 Å². The van der Waals surface area contributed by atoms with Gasteiger partial charge >= 0.3 is 5.69 Å². The fraction of sp³-hybridized carbons (Fsp3) is 0.389. The highest BCUT2D eigenvalue weighted by Crippen LogP contribution is 2.18. The van der Waals surface area contributed by atoms with Gasteiger partial charge in [0.25, 0.3) is 5.56 Å². The molecular formula is C18H24N4O4. The molecule has 0 saturated heterocycles. The molecule has 26 heavy (non-hydrogen) atoms. The molecular weight excluding hydrogens is 336 g/mol.